The zero-order chi connectivity index (χ0) is 22.1. The molecular formula is C25H20N4O3. The van der Waals surface area contributed by atoms with Crippen molar-refractivity contribution in [1.82, 2.24) is 19.9 Å². The van der Waals surface area contributed by atoms with Crippen molar-refractivity contribution in [2.45, 2.75) is 19.5 Å². The van der Waals surface area contributed by atoms with Gasteiger partial charge in [0, 0.05) is 24.9 Å². The molecule has 2 aromatic heterocycles. The van der Waals surface area contributed by atoms with E-state index in [0.29, 0.717) is 6.54 Å². The third kappa shape index (κ3) is 3.65. The van der Waals surface area contributed by atoms with E-state index in [4.69, 9.17) is 15.1 Å². The van der Waals surface area contributed by atoms with Gasteiger partial charge in [0.15, 0.2) is 5.65 Å². The molecule has 2 heterocycles. The van der Waals surface area contributed by atoms with Crippen LogP contribution in [0.15, 0.2) is 72.8 Å². The molecule has 0 bridgehead atoms. The number of aromatic carboxylic acids is 1. The summed E-state index contributed by atoms with van der Waals surface area (Å²) < 4.78 is 2.04. The molecule has 5 rings (SSSR count). The predicted octanol–water partition coefficient (Wildman–Crippen LogP) is 4.14. The molecule has 0 saturated heterocycles. The zero-order valence-electron chi connectivity index (χ0n) is 17.2. The highest BCUT2D eigenvalue weighted by molar-refractivity contribution is 6.06. The van der Waals surface area contributed by atoms with Gasteiger partial charge < -0.3 is 15.0 Å². The van der Waals surface area contributed by atoms with Gasteiger partial charge in [-0.15, -0.1) is 0 Å². The Morgan fingerprint density at radius 1 is 0.906 bits per heavy atom. The summed E-state index contributed by atoms with van der Waals surface area (Å²) in [4.78, 5) is 33.3. The van der Waals surface area contributed by atoms with E-state index < -0.39 is 5.97 Å². The average molecular weight is 424 g/mol. The summed E-state index contributed by atoms with van der Waals surface area (Å²) in [6.07, 6.45) is 0.265. The van der Waals surface area contributed by atoms with Crippen molar-refractivity contribution < 1.29 is 14.7 Å². The molecule has 0 saturated carbocycles. The van der Waals surface area contributed by atoms with E-state index >= 15 is 0 Å². The molecule has 0 atom stereocenters. The van der Waals surface area contributed by atoms with E-state index in [1.165, 1.54) is 6.07 Å². The van der Waals surface area contributed by atoms with Crippen LogP contribution in [0.1, 0.15) is 22.3 Å². The number of rotatable bonds is 6. The Morgan fingerprint density at radius 3 is 2.47 bits per heavy atom. The number of benzene rings is 3. The molecule has 3 aromatic carbocycles. The first-order valence-electron chi connectivity index (χ1n) is 10.3. The fraction of sp³-hybridized carbons (Fsp3) is 0.120. The van der Waals surface area contributed by atoms with Crippen LogP contribution in [0, 0.1) is 0 Å². The van der Waals surface area contributed by atoms with Gasteiger partial charge in [0.05, 0.1) is 22.1 Å². The van der Waals surface area contributed by atoms with E-state index in [2.05, 4.69) is 5.32 Å². The van der Waals surface area contributed by atoms with E-state index in [1.54, 1.807) is 18.2 Å². The molecular weight excluding hydrogens is 404 g/mol. The van der Waals surface area contributed by atoms with Crippen molar-refractivity contribution >= 4 is 45.0 Å². The van der Waals surface area contributed by atoms with Crippen LogP contribution in [0.3, 0.4) is 0 Å². The molecule has 0 aliphatic heterocycles. The second-order valence-corrected chi connectivity index (χ2v) is 7.59. The maximum Gasteiger partial charge on any atom is 0.335 e. The van der Waals surface area contributed by atoms with Crippen molar-refractivity contribution in [3.05, 3.63) is 83.9 Å². The summed E-state index contributed by atoms with van der Waals surface area (Å²) in [6.45, 7) is 0.732. The van der Waals surface area contributed by atoms with Gasteiger partial charge in [-0.2, -0.15) is 0 Å². The van der Waals surface area contributed by atoms with Crippen LogP contribution in [0.4, 0.5) is 0 Å². The Hall–Kier alpha value is -4.26. The lowest BCUT2D eigenvalue weighted by Gasteiger charge is -2.09. The molecule has 0 fully saturated rings. The van der Waals surface area contributed by atoms with Gasteiger partial charge in [0.1, 0.15) is 5.52 Å². The number of carbonyl (C=O) groups is 2. The van der Waals surface area contributed by atoms with Crippen LogP contribution in [0.5, 0.6) is 0 Å². The topological polar surface area (TPSA) is 97.1 Å². The second-order valence-electron chi connectivity index (χ2n) is 7.59. The number of carboxylic acid groups (broad SMARTS) is 1. The molecule has 0 unspecified atom stereocenters. The van der Waals surface area contributed by atoms with Crippen LogP contribution >= 0.6 is 0 Å². The van der Waals surface area contributed by atoms with E-state index in [0.717, 1.165) is 38.7 Å². The second kappa shape index (κ2) is 8.11. The first kappa shape index (κ1) is 19.7. The van der Waals surface area contributed by atoms with Gasteiger partial charge in [0.2, 0.25) is 5.91 Å². The molecule has 5 aromatic rings. The molecule has 0 aliphatic rings. The molecule has 0 spiro atoms. The number of carbonyl (C=O) groups excluding carboxylic acids is 1. The van der Waals surface area contributed by atoms with Gasteiger partial charge >= 0.3 is 5.97 Å². The van der Waals surface area contributed by atoms with Gasteiger partial charge in [0.25, 0.3) is 0 Å². The minimum atomic E-state index is -0.988. The molecule has 7 heteroatoms. The number of para-hydroxylation sites is 3. The van der Waals surface area contributed by atoms with Crippen molar-refractivity contribution in [3.8, 4) is 0 Å². The standard InChI is InChI=1S/C25H20N4O3/c30-22(26-15-16-6-5-7-17(14-16)25(31)32)12-13-29-21-11-4-1-8-18(21)23-24(29)28-20-10-3-2-9-19(20)27-23/h1-11,14H,12-13,15H2,(H,26,30)(H,31,32). The molecule has 2 N–H and O–H groups in total. The minimum Gasteiger partial charge on any atom is -0.478 e. The van der Waals surface area contributed by atoms with Gasteiger partial charge in [-0.05, 0) is 35.9 Å². The van der Waals surface area contributed by atoms with Gasteiger partial charge in [-0.25, -0.2) is 14.8 Å². The summed E-state index contributed by atoms with van der Waals surface area (Å²) in [7, 11) is 0. The van der Waals surface area contributed by atoms with E-state index in [9.17, 15) is 9.59 Å². The van der Waals surface area contributed by atoms with Crippen LogP contribution in [-0.4, -0.2) is 31.5 Å². The highest BCUT2D eigenvalue weighted by atomic mass is 16.4. The third-order valence-electron chi connectivity index (χ3n) is 5.48. The Morgan fingerprint density at radius 2 is 1.66 bits per heavy atom. The number of hydrogen-bond donors (Lipinski definition) is 2. The maximum absolute atomic E-state index is 12.5. The Kier molecular flexibility index (Phi) is 4.99. The number of carboxylic acids is 1. The van der Waals surface area contributed by atoms with E-state index in [-0.39, 0.29) is 24.4 Å². The SMILES string of the molecule is O=C(CCn1c2ccccc2c2nc3ccccc3nc21)NCc1cccc(C(=O)O)c1. The largest absolute Gasteiger partial charge is 0.478 e. The third-order valence-corrected chi connectivity index (χ3v) is 5.48. The predicted molar refractivity (Wildman–Crippen MR) is 122 cm³/mol. The molecule has 0 aliphatic carbocycles. The van der Waals surface area contributed by atoms with Crippen LogP contribution in [0.2, 0.25) is 0 Å². The monoisotopic (exact) mass is 424 g/mol. The number of nitrogens with zero attached hydrogens (tertiary/aromatic N) is 3. The number of aromatic nitrogens is 3. The Labute approximate surface area is 183 Å². The fourth-order valence-corrected chi connectivity index (χ4v) is 3.93. The van der Waals surface area contributed by atoms with Gasteiger partial charge in [-0.3, -0.25) is 4.79 Å². The summed E-state index contributed by atoms with van der Waals surface area (Å²) in [6, 6.07) is 22.3. The van der Waals surface area contributed by atoms with Crippen LogP contribution < -0.4 is 5.32 Å². The summed E-state index contributed by atoms with van der Waals surface area (Å²) in [5, 5.41) is 13.0. The fourth-order valence-electron chi connectivity index (χ4n) is 3.93. The average Bonchev–Trinajstić information content (AvgIpc) is 3.12. The smallest absolute Gasteiger partial charge is 0.335 e. The lowest BCUT2D eigenvalue weighted by Crippen LogP contribution is -2.24. The Balaban J connectivity index is 1.39. The number of fused-ring (bicyclic) bond motifs is 4. The molecule has 7 nitrogen and oxygen atoms in total. The normalized spacial score (nSPS) is 11.2. The van der Waals surface area contributed by atoms with Gasteiger partial charge in [-0.1, -0.05) is 42.5 Å². The summed E-state index contributed by atoms with van der Waals surface area (Å²) in [5.74, 6) is -1.11. The highest BCUT2D eigenvalue weighted by Gasteiger charge is 2.15. The number of aryl methyl sites for hydroxylation is 1. The minimum absolute atomic E-state index is 0.120. The quantitative estimate of drug-likeness (QED) is 0.427. The number of amides is 1. The maximum atomic E-state index is 12.5. The van der Waals surface area contributed by atoms with Crippen molar-refractivity contribution in [2.75, 3.05) is 0 Å². The number of nitrogens with one attached hydrogen (secondary N) is 1. The molecule has 0 radical (unpaired) electrons. The summed E-state index contributed by atoms with van der Waals surface area (Å²) >= 11 is 0. The number of hydrogen-bond acceptors (Lipinski definition) is 4. The molecule has 1 amide bonds. The molecule has 32 heavy (non-hydrogen) atoms. The van der Waals surface area contributed by atoms with Crippen LogP contribution in [0.25, 0.3) is 33.1 Å². The summed E-state index contributed by atoms with van der Waals surface area (Å²) in [5.41, 5.74) is 5.16. The molecule has 158 valence electrons. The lowest BCUT2D eigenvalue weighted by atomic mass is 10.1. The lowest BCUT2D eigenvalue weighted by molar-refractivity contribution is -0.121. The zero-order valence-corrected chi connectivity index (χ0v) is 17.2. The highest BCUT2D eigenvalue weighted by Crippen LogP contribution is 2.28. The van der Waals surface area contributed by atoms with Crippen molar-refractivity contribution in [3.63, 3.8) is 0 Å². The first-order chi connectivity index (χ1) is 15.6. The Bertz CT molecular complexity index is 1490. The van der Waals surface area contributed by atoms with Crippen molar-refractivity contribution in [1.29, 1.82) is 0 Å². The van der Waals surface area contributed by atoms with Crippen LogP contribution in [-0.2, 0) is 17.9 Å². The van der Waals surface area contributed by atoms with E-state index in [1.807, 2.05) is 53.1 Å². The first-order valence-corrected chi connectivity index (χ1v) is 10.3. The van der Waals surface area contributed by atoms with Crippen molar-refractivity contribution in [2.24, 2.45) is 0 Å².